The predicted octanol–water partition coefficient (Wildman–Crippen LogP) is 2.18. The van der Waals surface area contributed by atoms with E-state index >= 15 is 0 Å². The van der Waals surface area contributed by atoms with E-state index in [4.69, 9.17) is 0 Å². The molecule has 5 heteroatoms. The molecule has 1 fully saturated rings. The van der Waals surface area contributed by atoms with Crippen LogP contribution in [0.4, 0.5) is 13.2 Å². The van der Waals surface area contributed by atoms with Gasteiger partial charge in [-0.3, -0.25) is 4.98 Å². The molecule has 2 nitrogen and oxygen atoms in total. The topological polar surface area (TPSA) is 24.9 Å². The first-order chi connectivity index (χ1) is 7.07. The van der Waals surface area contributed by atoms with Gasteiger partial charge in [-0.2, -0.15) is 13.2 Å². The van der Waals surface area contributed by atoms with Crippen molar-refractivity contribution >= 4 is 0 Å². The number of aromatic nitrogens is 1. The number of rotatable bonds is 1. The van der Waals surface area contributed by atoms with Gasteiger partial charge in [-0.15, -0.1) is 0 Å². The van der Waals surface area contributed by atoms with E-state index in [9.17, 15) is 13.2 Å². The largest absolute Gasteiger partial charge is 0.416 e. The number of hydrogen-bond donors (Lipinski definition) is 1. The van der Waals surface area contributed by atoms with Crippen molar-refractivity contribution in [2.75, 3.05) is 13.1 Å². The zero-order valence-electron chi connectivity index (χ0n) is 8.01. The molecular weight excluding hydrogens is 205 g/mol. The van der Waals surface area contributed by atoms with Gasteiger partial charge in [0.1, 0.15) is 0 Å². The van der Waals surface area contributed by atoms with Crippen LogP contribution in [0.1, 0.15) is 23.6 Å². The van der Waals surface area contributed by atoms with Crippen molar-refractivity contribution in [1.29, 1.82) is 0 Å². The van der Waals surface area contributed by atoms with Crippen molar-refractivity contribution in [3.63, 3.8) is 0 Å². The van der Waals surface area contributed by atoms with Gasteiger partial charge in [-0.05, 0) is 25.1 Å². The summed E-state index contributed by atoms with van der Waals surface area (Å²) in [4.78, 5) is 3.99. The summed E-state index contributed by atoms with van der Waals surface area (Å²) < 4.78 is 37.2. The molecule has 0 spiro atoms. The normalized spacial score (nSPS) is 21.9. The highest BCUT2D eigenvalue weighted by Crippen LogP contribution is 2.31. The second kappa shape index (κ2) is 3.81. The molecule has 0 amide bonds. The Labute approximate surface area is 85.5 Å². The van der Waals surface area contributed by atoms with Crippen LogP contribution in [0.5, 0.6) is 0 Å². The molecule has 0 radical (unpaired) electrons. The number of halogens is 3. The smallest absolute Gasteiger partial charge is 0.316 e. The molecule has 0 unspecified atom stereocenters. The van der Waals surface area contributed by atoms with Crippen LogP contribution in [-0.2, 0) is 6.18 Å². The van der Waals surface area contributed by atoms with Gasteiger partial charge in [-0.1, -0.05) is 0 Å². The molecule has 0 bridgehead atoms. The lowest BCUT2D eigenvalue weighted by Crippen LogP contribution is -2.11. The van der Waals surface area contributed by atoms with Crippen LogP contribution in [0.3, 0.4) is 0 Å². The molecule has 1 N–H and O–H groups in total. The van der Waals surface area contributed by atoms with Crippen LogP contribution in [-0.4, -0.2) is 18.1 Å². The van der Waals surface area contributed by atoms with Crippen molar-refractivity contribution in [3.05, 3.63) is 29.6 Å². The van der Waals surface area contributed by atoms with Crippen molar-refractivity contribution in [2.24, 2.45) is 0 Å². The highest BCUT2D eigenvalue weighted by molar-refractivity contribution is 5.22. The lowest BCUT2D eigenvalue weighted by molar-refractivity contribution is -0.137. The Morgan fingerprint density at radius 3 is 2.80 bits per heavy atom. The molecule has 1 aromatic rings. The van der Waals surface area contributed by atoms with Crippen molar-refractivity contribution in [2.45, 2.75) is 18.5 Å². The molecule has 0 aromatic carbocycles. The summed E-state index contributed by atoms with van der Waals surface area (Å²) in [6.45, 7) is 1.57. The highest BCUT2D eigenvalue weighted by atomic mass is 19.4. The van der Waals surface area contributed by atoms with Crippen LogP contribution >= 0.6 is 0 Å². The average Bonchev–Trinajstić information content (AvgIpc) is 2.69. The van der Waals surface area contributed by atoms with Gasteiger partial charge in [0.25, 0.3) is 0 Å². The minimum absolute atomic E-state index is 0.118. The summed E-state index contributed by atoms with van der Waals surface area (Å²) in [6.07, 6.45) is -2.19. The Morgan fingerprint density at radius 2 is 2.20 bits per heavy atom. The molecule has 82 valence electrons. The van der Waals surface area contributed by atoms with E-state index in [2.05, 4.69) is 10.3 Å². The SMILES string of the molecule is FC(F)(F)c1ccnc([C@@H]2CCNC2)c1. The third-order valence-corrected chi connectivity index (χ3v) is 2.59. The monoisotopic (exact) mass is 216 g/mol. The highest BCUT2D eigenvalue weighted by Gasteiger charge is 2.31. The fourth-order valence-corrected chi connectivity index (χ4v) is 1.76. The van der Waals surface area contributed by atoms with Crippen LogP contribution < -0.4 is 5.32 Å². The Kier molecular flexibility index (Phi) is 2.65. The zero-order valence-corrected chi connectivity index (χ0v) is 8.01. The first-order valence-electron chi connectivity index (χ1n) is 4.81. The van der Waals surface area contributed by atoms with Crippen LogP contribution in [0.2, 0.25) is 0 Å². The standard InChI is InChI=1S/C10H11F3N2/c11-10(12,13)8-2-4-15-9(5-8)7-1-3-14-6-7/h2,4-5,7,14H,1,3,6H2/t7-/m1/s1. The summed E-state index contributed by atoms with van der Waals surface area (Å²) in [7, 11) is 0. The molecule has 2 rings (SSSR count). The molecule has 1 aliphatic heterocycles. The summed E-state index contributed by atoms with van der Waals surface area (Å²) in [5.74, 6) is 0.118. The van der Waals surface area contributed by atoms with Gasteiger partial charge in [0.2, 0.25) is 0 Å². The lowest BCUT2D eigenvalue weighted by atomic mass is 10.0. The summed E-state index contributed by atoms with van der Waals surface area (Å²) >= 11 is 0. The van der Waals surface area contributed by atoms with Gasteiger partial charge in [-0.25, -0.2) is 0 Å². The van der Waals surface area contributed by atoms with E-state index in [1.807, 2.05) is 0 Å². The number of alkyl halides is 3. The van der Waals surface area contributed by atoms with E-state index in [1.54, 1.807) is 0 Å². The van der Waals surface area contributed by atoms with Gasteiger partial charge in [0, 0.05) is 24.4 Å². The third kappa shape index (κ3) is 2.28. The second-order valence-electron chi connectivity index (χ2n) is 3.66. The maximum Gasteiger partial charge on any atom is 0.416 e. The molecule has 15 heavy (non-hydrogen) atoms. The first kappa shape index (κ1) is 10.4. The van der Waals surface area contributed by atoms with E-state index < -0.39 is 11.7 Å². The average molecular weight is 216 g/mol. The van der Waals surface area contributed by atoms with Gasteiger partial charge < -0.3 is 5.32 Å². The predicted molar refractivity (Wildman–Crippen MR) is 49.5 cm³/mol. The van der Waals surface area contributed by atoms with Gasteiger partial charge in [0.15, 0.2) is 0 Å². The quantitative estimate of drug-likeness (QED) is 0.778. The van der Waals surface area contributed by atoms with Crippen LogP contribution in [0.15, 0.2) is 18.3 Å². The third-order valence-electron chi connectivity index (χ3n) is 2.59. The molecule has 0 aliphatic carbocycles. The maximum absolute atomic E-state index is 12.4. The van der Waals surface area contributed by atoms with Crippen molar-refractivity contribution < 1.29 is 13.2 Å². The molecule has 1 saturated heterocycles. The summed E-state index contributed by atoms with van der Waals surface area (Å²) in [5, 5.41) is 3.11. The van der Waals surface area contributed by atoms with Crippen molar-refractivity contribution in [1.82, 2.24) is 10.3 Å². The van der Waals surface area contributed by atoms with Gasteiger partial charge in [0.05, 0.1) is 5.56 Å². The van der Waals surface area contributed by atoms with E-state index in [1.165, 1.54) is 6.20 Å². The Hall–Kier alpha value is -1.10. The van der Waals surface area contributed by atoms with E-state index in [-0.39, 0.29) is 5.92 Å². The number of pyridine rings is 1. The molecule has 2 heterocycles. The minimum Gasteiger partial charge on any atom is -0.316 e. The number of hydrogen-bond acceptors (Lipinski definition) is 2. The number of nitrogens with one attached hydrogen (secondary N) is 1. The summed E-state index contributed by atoms with van der Waals surface area (Å²) in [5.41, 5.74) is -0.0748. The maximum atomic E-state index is 12.4. The Balaban J connectivity index is 2.26. The molecule has 1 aliphatic rings. The minimum atomic E-state index is -4.27. The van der Waals surface area contributed by atoms with E-state index in [0.29, 0.717) is 12.2 Å². The summed E-state index contributed by atoms with van der Waals surface area (Å²) in [6, 6.07) is 2.16. The Bertz CT molecular complexity index is 343. The molecule has 0 saturated carbocycles. The second-order valence-corrected chi connectivity index (χ2v) is 3.66. The van der Waals surface area contributed by atoms with Crippen molar-refractivity contribution in [3.8, 4) is 0 Å². The van der Waals surface area contributed by atoms with Crippen LogP contribution in [0.25, 0.3) is 0 Å². The van der Waals surface area contributed by atoms with Gasteiger partial charge >= 0.3 is 6.18 Å². The molecule has 1 atom stereocenters. The zero-order chi connectivity index (χ0) is 10.9. The fraction of sp³-hybridized carbons (Fsp3) is 0.500. The first-order valence-corrected chi connectivity index (χ1v) is 4.81. The molecular formula is C10H11F3N2. The Morgan fingerprint density at radius 1 is 1.40 bits per heavy atom. The fourth-order valence-electron chi connectivity index (χ4n) is 1.76. The lowest BCUT2D eigenvalue weighted by Gasteiger charge is -2.11. The van der Waals surface area contributed by atoms with E-state index in [0.717, 1.165) is 25.1 Å². The number of nitrogens with zero attached hydrogens (tertiary/aromatic N) is 1. The van der Waals surface area contributed by atoms with Crippen LogP contribution in [0, 0.1) is 0 Å². The molecule has 1 aromatic heterocycles.